The fraction of sp³-hybridized carbons (Fsp3) is 0.250. The molecule has 0 saturated heterocycles. The Morgan fingerprint density at radius 3 is 2.42 bits per heavy atom. The normalized spacial score (nSPS) is 11.5. The van der Waals surface area contributed by atoms with Crippen LogP contribution in [0.4, 0.5) is 15.9 Å². The molecule has 3 aromatic rings. The average Bonchev–Trinajstić information content (AvgIpc) is 2.91. The summed E-state index contributed by atoms with van der Waals surface area (Å²) in [4.78, 5) is 0. The Bertz CT molecular complexity index is 859. The highest BCUT2D eigenvalue weighted by atomic mass is 19.1. The van der Waals surface area contributed by atoms with Crippen molar-refractivity contribution >= 4 is 11.5 Å². The minimum atomic E-state index is -0.266. The summed E-state index contributed by atoms with van der Waals surface area (Å²) in [6.07, 6.45) is 0. The van der Waals surface area contributed by atoms with E-state index in [-0.39, 0.29) is 11.2 Å². The predicted molar refractivity (Wildman–Crippen MR) is 96.7 cm³/mol. The van der Waals surface area contributed by atoms with Crippen LogP contribution in [-0.2, 0) is 5.41 Å². The zero-order chi connectivity index (χ0) is 17.3. The van der Waals surface area contributed by atoms with Gasteiger partial charge in [-0.1, -0.05) is 45.0 Å². The molecule has 0 aliphatic carbocycles. The van der Waals surface area contributed by atoms with Gasteiger partial charge in [0.15, 0.2) is 0 Å². The van der Waals surface area contributed by atoms with Crippen molar-refractivity contribution in [2.45, 2.75) is 33.1 Å². The molecule has 0 unspecified atom stereocenters. The fourth-order valence-corrected chi connectivity index (χ4v) is 2.54. The Morgan fingerprint density at radius 1 is 1.00 bits per heavy atom. The first-order chi connectivity index (χ1) is 11.3. The lowest BCUT2D eigenvalue weighted by atomic mass is 9.92. The Balaban J connectivity index is 2.10. The largest absolute Gasteiger partial charge is 0.340 e. The van der Waals surface area contributed by atoms with Crippen LogP contribution in [0.5, 0.6) is 0 Å². The predicted octanol–water partition coefficient (Wildman–Crippen LogP) is 5.36. The molecule has 1 aromatic heterocycles. The first-order valence-electron chi connectivity index (χ1n) is 8.04. The number of halogens is 1. The van der Waals surface area contributed by atoms with E-state index in [0.717, 1.165) is 22.8 Å². The van der Waals surface area contributed by atoms with Crippen LogP contribution >= 0.6 is 0 Å². The lowest BCUT2D eigenvalue weighted by Gasteiger charge is -2.14. The molecule has 0 aliphatic rings. The summed E-state index contributed by atoms with van der Waals surface area (Å²) in [5.74, 6) is 0.554. The molecule has 0 spiro atoms. The molecule has 0 radical (unpaired) electrons. The van der Waals surface area contributed by atoms with Gasteiger partial charge in [0.2, 0.25) is 0 Å². The molecule has 1 heterocycles. The van der Waals surface area contributed by atoms with Crippen molar-refractivity contribution in [3.63, 3.8) is 0 Å². The van der Waals surface area contributed by atoms with Crippen LogP contribution in [-0.4, -0.2) is 9.78 Å². The van der Waals surface area contributed by atoms with E-state index >= 15 is 0 Å². The second kappa shape index (κ2) is 6.11. The molecular formula is C20H22FN3. The highest BCUT2D eigenvalue weighted by molar-refractivity contribution is 5.60. The smallest absolute Gasteiger partial charge is 0.134 e. The van der Waals surface area contributed by atoms with Crippen LogP contribution in [0.2, 0.25) is 0 Å². The molecule has 3 rings (SSSR count). The van der Waals surface area contributed by atoms with Crippen molar-refractivity contribution in [2.24, 2.45) is 0 Å². The number of benzene rings is 2. The molecule has 0 aliphatic heterocycles. The molecule has 2 aromatic carbocycles. The summed E-state index contributed by atoms with van der Waals surface area (Å²) in [5, 5.41) is 8.08. The van der Waals surface area contributed by atoms with Gasteiger partial charge in [0.25, 0.3) is 0 Å². The number of para-hydroxylation sites is 1. The molecule has 0 bridgehead atoms. The molecule has 3 nitrogen and oxygen atoms in total. The van der Waals surface area contributed by atoms with E-state index in [0.29, 0.717) is 5.69 Å². The monoisotopic (exact) mass is 323 g/mol. The van der Waals surface area contributed by atoms with Gasteiger partial charge >= 0.3 is 0 Å². The van der Waals surface area contributed by atoms with Crippen LogP contribution < -0.4 is 5.32 Å². The van der Waals surface area contributed by atoms with E-state index in [1.54, 1.807) is 6.07 Å². The number of hydrogen-bond donors (Lipinski definition) is 1. The van der Waals surface area contributed by atoms with Crippen LogP contribution in [0.15, 0.2) is 54.6 Å². The number of hydrogen-bond acceptors (Lipinski definition) is 2. The van der Waals surface area contributed by atoms with Gasteiger partial charge < -0.3 is 5.32 Å². The van der Waals surface area contributed by atoms with Crippen LogP contribution in [0, 0.1) is 12.7 Å². The minimum absolute atomic E-state index is 0.0771. The maximum Gasteiger partial charge on any atom is 0.134 e. The van der Waals surface area contributed by atoms with Gasteiger partial charge in [0.05, 0.1) is 11.4 Å². The van der Waals surface area contributed by atoms with Gasteiger partial charge in [0.1, 0.15) is 11.6 Å². The van der Waals surface area contributed by atoms with Crippen molar-refractivity contribution in [3.8, 4) is 5.69 Å². The standard InChI is InChI=1S/C20H22FN3/c1-14-8-5-6-11-17(14)24-19(13-18(23-24)20(2,3)4)22-16-10-7-9-15(21)12-16/h5-13,22H,1-4H3. The molecule has 0 atom stereocenters. The summed E-state index contributed by atoms with van der Waals surface area (Å²) in [6.45, 7) is 8.44. The maximum atomic E-state index is 13.5. The third-order valence-corrected chi connectivity index (χ3v) is 3.92. The Kier molecular flexibility index (Phi) is 4.14. The van der Waals surface area contributed by atoms with Gasteiger partial charge in [-0.2, -0.15) is 5.10 Å². The summed E-state index contributed by atoms with van der Waals surface area (Å²) in [7, 11) is 0. The number of nitrogens with zero attached hydrogens (tertiary/aromatic N) is 2. The summed E-state index contributed by atoms with van der Waals surface area (Å²) in [5.41, 5.74) is 3.73. The molecule has 4 heteroatoms. The second-order valence-electron chi connectivity index (χ2n) is 7.00. The van der Waals surface area contributed by atoms with Gasteiger partial charge in [-0.25, -0.2) is 9.07 Å². The van der Waals surface area contributed by atoms with Gasteiger partial charge in [0, 0.05) is 17.2 Å². The highest BCUT2D eigenvalue weighted by Gasteiger charge is 2.21. The topological polar surface area (TPSA) is 29.9 Å². The molecule has 0 fully saturated rings. The first kappa shape index (κ1) is 16.2. The zero-order valence-electron chi connectivity index (χ0n) is 14.5. The average molecular weight is 323 g/mol. The maximum absolute atomic E-state index is 13.5. The molecule has 124 valence electrons. The van der Waals surface area contributed by atoms with E-state index < -0.39 is 0 Å². The fourth-order valence-electron chi connectivity index (χ4n) is 2.54. The summed E-state index contributed by atoms with van der Waals surface area (Å²) < 4.78 is 15.4. The lowest BCUT2D eigenvalue weighted by Crippen LogP contribution is -2.12. The molecule has 0 amide bonds. The van der Waals surface area contributed by atoms with Crippen LogP contribution in [0.3, 0.4) is 0 Å². The van der Waals surface area contributed by atoms with E-state index in [2.05, 4.69) is 39.1 Å². The minimum Gasteiger partial charge on any atom is -0.340 e. The van der Waals surface area contributed by atoms with E-state index in [9.17, 15) is 4.39 Å². The van der Waals surface area contributed by atoms with Crippen molar-refractivity contribution in [3.05, 3.63) is 71.7 Å². The molecule has 0 saturated carbocycles. The van der Waals surface area contributed by atoms with Gasteiger partial charge in [-0.05, 0) is 36.8 Å². The molecular weight excluding hydrogens is 301 g/mol. The Hall–Kier alpha value is -2.62. The Labute approximate surface area is 142 Å². The Morgan fingerprint density at radius 2 is 1.75 bits per heavy atom. The van der Waals surface area contributed by atoms with Gasteiger partial charge in [-0.3, -0.25) is 0 Å². The second-order valence-corrected chi connectivity index (χ2v) is 7.00. The van der Waals surface area contributed by atoms with Crippen molar-refractivity contribution in [1.82, 2.24) is 9.78 Å². The number of nitrogens with one attached hydrogen (secondary N) is 1. The lowest BCUT2D eigenvalue weighted by molar-refractivity contribution is 0.560. The third-order valence-electron chi connectivity index (χ3n) is 3.92. The van der Waals surface area contributed by atoms with Crippen LogP contribution in [0.25, 0.3) is 5.69 Å². The van der Waals surface area contributed by atoms with Gasteiger partial charge in [-0.15, -0.1) is 0 Å². The number of anilines is 2. The molecule has 1 N–H and O–H groups in total. The van der Waals surface area contributed by atoms with Crippen molar-refractivity contribution in [2.75, 3.05) is 5.32 Å². The summed E-state index contributed by atoms with van der Waals surface area (Å²) in [6, 6.07) is 16.6. The van der Waals surface area contributed by atoms with E-state index in [1.165, 1.54) is 12.1 Å². The third kappa shape index (κ3) is 3.32. The van der Waals surface area contributed by atoms with E-state index in [1.807, 2.05) is 35.0 Å². The van der Waals surface area contributed by atoms with Crippen LogP contribution in [0.1, 0.15) is 32.0 Å². The SMILES string of the molecule is Cc1ccccc1-n1nc(C(C)(C)C)cc1Nc1cccc(F)c1. The zero-order valence-corrected chi connectivity index (χ0v) is 14.5. The quantitative estimate of drug-likeness (QED) is 0.703. The molecule has 24 heavy (non-hydrogen) atoms. The number of aromatic nitrogens is 2. The summed E-state index contributed by atoms with van der Waals surface area (Å²) >= 11 is 0. The highest BCUT2D eigenvalue weighted by Crippen LogP contribution is 2.29. The van der Waals surface area contributed by atoms with Crippen molar-refractivity contribution < 1.29 is 4.39 Å². The van der Waals surface area contributed by atoms with E-state index in [4.69, 9.17) is 5.10 Å². The number of aryl methyl sites for hydroxylation is 1. The number of rotatable bonds is 3. The first-order valence-corrected chi connectivity index (χ1v) is 8.04. The van der Waals surface area contributed by atoms with Crippen molar-refractivity contribution in [1.29, 1.82) is 0 Å².